The number of hydrogen-bond donors (Lipinski definition) is 3. The summed E-state index contributed by atoms with van der Waals surface area (Å²) in [5.74, 6) is 0.719. The van der Waals surface area contributed by atoms with E-state index in [4.69, 9.17) is 10.2 Å². The number of anilines is 1. The minimum absolute atomic E-state index is 0.0931. The third kappa shape index (κ3) is 2.97. The summed E-state index contributed by atoms with van der Waals surface area (Å²) < 4.78 is 8.42. The Hall–Kier alpha value is -4.25. The van der Waals surface area contributed by atoms with E-state index < -0.39 is 5.54 Å². The lowest BCUT2D eigenvalue weighted by Crippen LogP contribution is -2.55. The zero-order valence-corrected chi connectivity index (χ0v) is 18.3. The number of aliphatic hydroxyl groups is 1. The number of nitrogens with two attached hydrogens (primary N) is 1. The summed E-state index contributed by atoms with van der Waals surface area (Å²) in [6.45, 7) is 1.79. The molecule has 1 aliphatic rings. The molecule has 0 bridgehead atoms. The number of fused-ring (bicyclic) bond motifs is 3. The molecular formula is C23H22N8O3. The van der Waals surface area contributed by atoms with Crippen LogP contribution in [-0.2, 0) is 10.3 Å². The van der Waals surface area contributed by atoms with Gasteiger partial charge in [0.1, 0.15) is 0 Å². The normalized spacial score (nSPS) is 19.7. The van der Waals surface area contributed by atoms with Gasteiger partial charge >= 0.3 is 0 Å². The molecule has 1 aromatic carbocycles. The number of nitrogens with zero attached hydrogens (tertiary/aromatic N) is 6. The van der Waals surface area contributed by atoms with Crippen molar-refractivity contribution in [2.45, 2.75) is 37.5 Å². The fourth-order valence-corrected chi connectivity index (χ4v) is 4.39. The summed E-state index contributed by atoms with van der Waals surface area (Å²) >= 11 is 0. The maximum absolute atomic E-state index is 13.7. The van der Waals surface area contributed by atoms with Crippen molar-refractivity contribution >= 4 is 28.5 Å². The maximum atomic E-state index is 13.7. The molecule has 0 radical (unpaired) electrons. The van der Waals surface area contributed by atoms with E-state index >= 15 is 0 Å². The van der Waals surface area contributed by atoms with E-state index in [0.717, 1.165) is 5.56 Å². The molecule has 1 atom stereocenters. The molecule has 172 valence electrons. The third-order valence-corrected chi connectivity index (χ3v) is 6.42. The fraction of sp³-hybridized carbons (Fsp3) is 0.261. The summed E-state index contributed by atoms with van der Waals surface area (Å²) in [4.78, 5) is 22.8. The third-order valence-electron chi connectivity index (χ3n) is 6.42. The molecule has 0 spiro atoms. The Bertz CT molecular complexity index is 1500. The smallest absolute Gasteiger partial charge is 0.252 e. The Morgan fingerprint density at radius 2 is 1.97 bits per heavy atom. The Kier molecular flexibility index (Phi) is 4.42. The first kappa shape index (κ1) is 20.4. The standard InChI is InChI=1S/C23H22N8O3/c1-23(13-6-3-2-4-7-13,21(33)26-14-10-15(32)11-14)31-20-16(12-25-31)19-27-18(17-8-5-9-34-17)29-30(19)22(24)28-20/h2-9,12,14-15,32H,10-11H2,1H3,(H2,24,28)(H,26,33)/t14-,15+,23-/m1/s1. The van der Waals surface area contributed by atoms with E-state index in [1.807, 2.05) is 30.3 Å². The Labute approximate surface area is 193 Å². The average molecular weight is 458 g/mol. The van der Waals surface area contributed by atoms with Gasteiger partial charge < -0.3 is 20.6 Å². The second kappa shape index (κ2) is 7.39. The molecule has 1 amide bonds. The molecule has 4 N–H and O–H groups in total. The van der Waals surface area contributed by atoms with Crippen LogP contribution in [0.4, 0.5) is 5.95 Å². The van der Waals surface area contributed by atoms with Crippen molar-refractivity contribution in [3.05, 3.63) is 60.5 Å². The molecule has 4 aromatic heterocycles. The molecule has 0 aliphatic heterocycles. The Balaban J connectivity index is 1.52. The largest absolute Gasteiger partial charge is 0.461 e. The number of aromatic nitrogens is 6. The number of nitrogens with one attached hydrogen (secondary N) is 1. The van der Waals surface area contributed by atoms with Crippen molar-refractivity contribution in [2.75, 3.05) is 5.73 Å². The van der Waals surface area contributed by atoms with Gasteiger partial charge in [-0.05, 0) is 37.5 Å². The lowest BCUT2D eigenvalue weighted by Gasteiger charge is -2.36. The van der Waals surface area contributed by atoms with E-state index in [0.29, 0.717) is 41.1 Å². The van der Waals surface area contributed by atoms with E-state index in [9.17, 15) is 9.90 Å². The number of amides is 1. The van der Waals surface area contributed by atoms with Crippen molar-refractivity contribution < 1.29 is 14.3 Å². The first-order chi connectivity index (χ1) is 16.4. The first-order valence-electron chi connectivity index (χ1n) is 10.9. The molecule has 5 aromatic rings. The number of carbonyl (C=O) groups excluding carboxylic acids is 1. The van der Waals surface area contributed by atoms with Crippen LogP contribution in [0, 0.1) is 0 Å². The molecule has 1 fully saturated rings. The van der Waals surface area contributed by atoms with Crippen molar-refractivity contribution in [3.63, 3.8) is 0 Å². The number of rotatable bonds is 5. The van der Waals surface area contributed by atoms with Crippen LogP contribution in [-0.4, -0.2) is 52.5 Å². The average Bonchev–Trinajstić information content (AvgIpc) is 3.57. The van der Waals surface area contributed by atoms with Crippen molar-refractivity contribution in [1.82, 2.24) is 34.7 Å². The van der Waals surface area contributed by atoms with Crippen LogP contribution in [0.1, 0.15) is 25.3 Å². The summed E-state index contributed by atoms with van der Waals surface area (Å²) in [7, 11) is 0. The number of nitrogen functional groups attached to an aromatic ring is 1. The van der Waals surface area contributed by atoms with Crippen LogP contribution in [0.2, 0.25) is 0 Å². The van der Waals surface area contributed by atoms with Gasteiger partial charge in [0, 0.05) is 6.04 Å². The van der Waals surface area contributed by atoms with Gasteiger partial charge in [-0.1, -0.05) is 30.3 Å². The molecule has 6 rings (SSSR count). The topological polar surface area (TPSA) is 149 Å². The van der Waals surface area contributed by atoms with Gasteiger partial charge in [-0.15, -0.1) is 5.10 Å². The zero-order valence-electron chi connectivity index (χ0n) is 18.3. The number of furan rings is 1. The molecule has 34 heavy (non-hydrogen) atoms. The highest BCUT2D eigenvalue weighted by Gasteiger charge is 2.42. The van der Waals surface area contributed by atoms with Crippen LogP contribution in [0.5, 0.6) is 0 Å². The lowest BCUT2D eigenvalue weighted by molar-refractivity contribution is -0.129. The highest BCUT2D eigenvalue weighted by molar-refractivity contribution is 5.94. The van der Waals surface area contributed by atoms with E-state index in [1.54, 1.807) is 36.2 Å². The minimum atomic E-state index is -1.23. The summed E-state index contributed by atoms with van der Waals surface area (Å²) in [5.41, 5.74) is 6.61. The van der Waals surface area contributed by atoms with Crippen LogP contribution < -0.4 is 11.1 Å². The fourth-order valence-electron chi connectivity index (χ4n) is 4.39. The monoisotopic (exact) mass is 458 g/mol. The highest BCUT2D eigenvalue weighted by atomic mass is 16.3. The SMILES string of the molecule is C[C@](C(=O)N[C@H]1C[C@@H](O)C1)(c1ccccc1)n1ncc2c1nc(N)n1nc(-c3ccco3)nc21. The Morgan fingerprint density at radius 1 is 1.18 bits per heavy atom. The molecule has 11 heteroatoms. The van der Waals surface area contributed by atoms with Gasteiger partial charge in [0.25, 0.3) is 5.91 Å². The number of benzene rings is 1. The minimum Gasteiger partial charge on any atom is -0.461 e. The second-order valence-corrected chi connectivity index (χ2v) is 8.65. The van der Waals surface area contributed by atoms with Gasteiger partial charge in [-0.2, -0.15) is 14.6 Å². The summed E-state index contributed by atoms with van der Waals surface area (Å²) in [6.07, 6.45) is 3.82. The van der Waals surface area contributed by atoms with Crippen molar-refractivity contribution in [2.24, 2.45) is 0 Å². The van der Waals surface area contributed by atoms with E-state index in [-0.39, 0.29) is 24.0 Å². The molecule has 0 unspecified atom stereocenters. The van der Waals surface area contributed by atoms with Gasteiger partial charge in [0.15, 0.2) is 22.6 Å². The number of aliphatic hydroxyl groups excluding tert-OH is 1. The molecule has 1 aliphatic carbocycles. The van der Waals surface area contributed by atoms with Crippen molar-refractivity contribution in [3.8, 4) is 11.6 Å². The van der Waals surface area contributed by atoms with Gasteiger partial charge in [0.05, 0.1) is 24.0 Å². The van der Waals surface area contributed by atoms with Gasteiger partial charge in [0.2, 0.25) is 11.8 Å². The van der Waals surface area contributed by atoms with Gasteiger partial charge in [-0.25, -0.2) is 9.67 Å². The predicted octanol–water partition coefficient (Wildman–Crippen LogP) is 1.72. The maximum Gasteiger partial charge on any atom is 0.252 e. The van der Waals surface area contributed by atoms with Crippen molar-refractivity contribution in [1.29, 1.82) is 0 Å². The molecule has 1 saturated carbocycles. The zero-order chi connectivity index (χ0) is 23.4. The molecule has 0 saturated heterocycles. The van der Waals surface area contributed by atoms with E-state index in [2.05, 4.69) is 25.5 Å². The van der Waals surface area contributed by atoms with Crippen LogP contribution in [0.15, 0.2) is 59.3 Å². The molecule has 4 heterocycles. The molecular weight excluding hydrogens is 436 g/mol. The van der Waals surface area contributed by atoms with E-state index in [1.165, 1.54) is 4.52 Å². The van der Waals surface area contributed by atoms with Gasteiger partial charge in [-0.3, -0.25) is 4.79 Å². The van der Waals surface area contributed by atoms with Crippen LogP contribution in [0.25, 0.3) is 28.3 Å². The van der Waals surface area contributed by atoms with Crippen LogP contribution >= 0.6 is 0 Å². The summed E-state index contributed by atoms with van der Waals surface area (Å²) in [5, 5.41) is 22.3. The second-order valence-electron chi connectivity index (χ2n) is 8.65. The molecule has 11 nitrogen and oxygen atoms in total. The Morgan fingerprint density at radius 3 is 2.68 bits per heavy atom. The lowest BCUT2D eigenvalue weighted by atomic mass is 9.86. The first-order valence-corrected chi connectivity index (χ1v) is 10.9. The number of hydrogen-bond acceptors (Lipinski definition) is 8. The van der Waals surface area contributed by atoms with Crippen LogP contribution in [0.3, 0.4) is 0 Å². The highest BCUT2D eigenvalue weighted by Crippen LogP contribution is 2.32. The summed E-state index contributed by atoms with van der Waals surface area (Å²) in [6, 6.07) is 12.8. The number of carbonyl (C=O) groups is 1. The predicted molar refractivity (Wildman–Crippen MR) is 123 cm³/mol. The quantitative estimate of drug-likeness (QED) is 0.360.